The Morgan fingerprint density at radius 1 is 1.50 bits per heavy atom. The van der Waals surface area contributed by atoms with Gasteiger partial charge >= 0.3 is 0 Å². The Morgan fingerprint density at radius 3 is 2.67 bits per heavy atom. The Morgan fingerprint density at radius 2 is 2.17 bits per heavy atom. The van der Waals surface area contributed by atoms with E-state index in [0.29, 0.717) is 0 Å². The van der Waals surface area contributed by atoms with Gasteiger partial charge in [0.2, 0.25) is 5.91 Å². The third kappa shape index (κ3) is 7.02. The first-order chi connectivity index (χ1) is 5.66. The molecule has 12 heavy (non-hydrogen) atoms. The van der Waals surface area contributed by atoms with Crippen molar-refractivity contribution >= 4 is 5.91 Å². The van der Waals surface area contributed by atoms with Crippen LogP contribution in [0.25, 0.3) is 0 Å². The SMILES string of the molecule is CC(C)NC(=O)/C=C/C=C/CO. The van der Waals surface area contributed by atoms with Crippen molar-refractivity contribution in [2.24, 2.45) is 0 Å². The van der Waals surface area contributed by atoms with Gasteiger partial charge in [0.1, 0.15) is 0 Å². The summed E-state index contributed by atoms with van der Waals surface area (Å²) in [5.41, 5.74) is 0. The van der Waals surface area contributed by atoms with Crippen molar-refractivity contribution in [1.82, 2.24) is 5.32 Å². The van der Waals surface area contributed by atoms with Gasteiger partial charge in [-0.3, -0.25) is 4.79 Å². The molecule has 0 heterocycles. The van der Waals surface area contributed by atoms with E-state index in [9.17, 15) is 4.79 Å². The molecule has 0 bridgehead atoms. The summed E-state index contributed by atoms with van der Waals surface area (Å²) < 4.78 is 0. The summed E-state index contributed by atoms with van der Waals surface area (Å²) in [5.74, 6) is -0.118. The highest BCUT2D eigenvalue weighted by atomic mass is 16.2. The standard InChI is InChI=1S/C9H15NO2/c1-8(2)10-9(12)6-4-3-5-7-11/h3-6,8,11H,7H2,1-2H3,(H,10,12)/b5-3+,6-4+. The summed E-state index contributed by atoms with van der Waals surface area (Å²) in [6, 6.07) is 0.156. The fourth-order valence-corrected chi connectivity index (χ4v) is 0.615. The molecule has 0 saturated carbocycles. The molecule has 0 unspecified atom stereocenters. The van der Waals surface area contributed by atoms with Crippen LogP contribution in [0, 0.1) is 0 Å². The molecule has 0 atom stereocenters. The average Bonchev–Trinajstić information content (AvgIpc) is 1.97. The van der Waals surface area contributed by atoms with E-state index >= 15 is 0 Å². The van der Waals surface area contributed by atoms with Gasteiger partial charge < -0.3 is 10.4 Å². The molecule has 0 rings (SSSR count). The van der Waals surface area contributed by atoms with Crippen LogP contribution < -0.4 is 5.32 Å². The Labute approximate surface area is 72.8 Å². The number of carbonyl (C=O) groups excluding carboxylic acids is 1. The van der Waals surface area contributed by atoms with Gasteiger partial charge in [0.05, 0.1) is 6.61 Å². The monoisotopic (exact) mass is 169 g/mol. The fraction of sp³-hybridized carbons (Fsp3) is 0.444. The van der Waals surface area contributed by atoms with Gasteiger partial charge in [0.25, 0.3) is 0 Å². The van der Waals surface area contributed by atoms with Crippen molar-refractivity contribution in [2.45, 2.75) is 19.9 Å². The Balaban J connectivity index is 3.68. The zero-order chi connectivity index (χ0) is 9.40. The second-order valence-electron chi connectivity index (χ2n) is 2.63. The molecule has 0 aliphatic heterocycles. The van der Waals surface area contributed by atoms with Crippen LogP contribution in [-0.2, 0) is 4.79 Å². The molecule has 0 saturated heterocycles. The van der Waals surface area contributed by atoms with Gasteiger partial charge in [-0.25, -0.2) is 0 Å². The van der Waals surface area contributed by atoms with Crippen molar-refractivity contribution in [3.63, 3.8) is 0 Å². The van der Waals surface area contributed by atoms with Crippen LogP contribution in [-0.4, -0.2) is 23.7 Å². The van der Waals surface area contributed by atoms with E-state index in [1.165, 1.54) is 6.08 Å². The first kappa shape index (κ1) is 10.9. The van der Waals surface area contributed by atoms with Crippen molar-refractivity contribution in [1.29, 1.82) is 0 Å². The number of allylic oxidation sites excluding steroid dienone is 2. The molecule has 0 aliphatic carbocycles. The molecule has 0 aliphatic rings. The predicted octanol–water partition coefficient (Wildman–Crippen LogP) is 0.616. The molecule has 2 N–H and O–H groups in total. The first-order valence-corrected chi connectivity index (χ1v) is 3.91. The maximum Gasteiger partial charge on any atom is 0.244 e. The number of carbonyl (C=O) groups is 1. The average molecular weight is 169 g/mol. The van der Waals surface area contributed by atoms with Crippen LogP contribution in [0.2, 0.25) is 0 Å². The molecule has 3 heteroatoms. The number of nitrogens with one attached hydrogen (secondary N) is 1. The van der Waals surface area contributed by atoms with Crippen LogP contribution in [0.15, 0.2) is 24.3 Å². The minimum atomic E-state index is -0.118. The number of aliphatic hydroxyl groups is 1. The minimum absolute atomic E-state index is 0.00383. The molecule has 0 aromatic heterocycles. The van der Waals surface area contributed by atoms with E-state index < -0.39 is 0 Å². The van der Waals surface area contributed by atoms with Gasteiger partial charge in [-0.1, -0.05) is 18.2 Å². The molecular formula is C9H15NO2. The van der Waals surface area contributed by atoms with E-state index in [0.717, 1.165) is 0 Å². The Bertz CT molecular complexity index is 183. The van der Waals surface area contributed by atoms with E-state index in [1.54, 1.807) is 18.2 Å². The minimum Gasteiger partial charge on any atom is -0.392 e. The maximum atomic E-state index is 10.9. The zero-order valence-corrected chi connectivity index (χ0v) is 7.45. The summed E-state index contributed by atoms with van der Waals surface area (Å²) >= 11 is 0. The predicted molar refractivity (Wildman–Crippen MR) is 48.6 cm³/mol. The van der Waals surface area contributed by atoms with Gasteiger partial charge in [-0.15, -0.1) is 0 Å². The number of amides is 1. The van der Waals surface area contributed by atoms with Crippen LogP contribution in [0.5, 0.6) is 0 Å². The fourth-order valence-electron chi connectivity index (χ4n) is 0.615. The number of aliphatic hydroxyl groups excluding tert-OH is 1. The highest BCUT2D eigenvalue weighted by Crippen LogP contribution is 1.80. The summed E-state index contributed by atoms with van der Waals surface area (Å²) in [7, 11) is 0. The van der Waals surface area contributed by atoms with Crippen LogP contribution in [0.4, 0.5) is 0 Å². The largest absolute Gasteiger partial charge is 0.392 e. The topological polar surface area (TPSA) is 49.3 Å². The van der Waals surface area contributed by atoms with Crippen LogP contribution in [0.3, 0.4) is 0 Å². The molecule has 0 spiro atoms. The van der Waals surface area contributed by atoms with E-state index in [2.05, 4.69) is 5.32 Å². The van der Waals surface area contributed by atoms with Crippen molar-refractivity contribution in [3.05, 3.63) is 24.3 Å². The molecule has 68 valence electrons. The molecular weight excluding hydrogens is 154 g/mol. The van der Waals surface area contributed by atoms with Crippen molar-refractivity contribution in [3.8, 4) is 0 Å². The number of hydrogen-bond donors (Lipinski definition) is 2. The summed E-state index contributed by atoms with van der Waals surface area (Å²) in [6.45, 7) is 3.79. The smallest absolute Gasteiger partial charge is 0.244 e. The van der Waals surface area contributed by atoms with Gasteiger partial charge in [0, 0.05) is 12.1 Å². The maximum absolute atomic E-state index is 10.9. The molecule has 0 fully saturated rings. The van der Waals surface area contributed by atoms with Gasteiger partial charge in [-0.05, 0) is 13.8 Å². The van der Waals surface area contributed by atoms with E-state index in [1.807, 2.05) is 13.8 Å². The first-order valence-electron chi connectivity index (χ1n) is 3.91. The molecule has 0 radical (unpaired) electrons. The van der Waals surface area contributed by atoms with Crippen LogP contribution in [0.1, 0.15) is 13.8 Å². The number of hydrogen-bond acceptors (Lipinski definition) is 2. The summed E-state index contributed by atoms with van der Waals surface area (Å²) in [4.78, 5) is 10.9. The second kappa shape index (κ2) is 6.61. The van der Waals surface area contributed by atoms with Gasteiger partial charge in [0.15, 0.2) is 0 Å². The lowest BCUT2D eigenvalue weighted by molar-refractivity contribution is -0.116. The summed E-state index contributed by atoms with van der Waals surface area (Å²) in [5, 5.41) is 11.1. The highest BCUT2D eigenvalue weighted by molar-refractivity contribution is 5.87. The molecule has 3 nitrogen and oxygen atoms in total. The van der Waals surface area contributed by atoms with Crippen molar-refractivity contribution in [2.75, 3.05) is 6.61 Å². The normalized spacial score (nSPS) is 11.7. The lowest BCUT2D eigenvalue weighted by atomic mass is 10.3. The second-order valence-corrected chi connectivity index (χ2v) is 2.63. The molecule has 1 amide bonds. The van der Waals surface area contributed by atoms with E-state index in [-0.39, 0.29) is 18.6 Å². The highest BCUT2D eigenvalue weighted by Gasteiger charge is 1.95. The third-order valence-electron chi connectivity index (χ3n) is 1.03. The zero-order valence-electron chi connectivity index (χ0n) is 7.45. The number of rotatable bonds is 4. The van der Waals surface area contributed by atoms with Crippen LogP contribution >= 0.6 is 0 Å². The van der Waals surface area contributed by atoms with Gasteiger partial charge in [-0.2, -0.15) is 0 Å². The third-order valence-corrected chi connectivity index (χ3v) is 1.03. The van der Waals surface area contributed by atoms with E-state index in [4.69, 9.17) is 5.11 Å². The Kier molecular flexibility index (Phi) is 6.01. The molecule has 0 aromatic rings. The lowest BCUT2D eigenvalue weighted by Gasteiger charge is -2.03. The lowest BCUT2D eigenvalue weighted by Crippen LogP contribution is -2.28. The quantitative estimate of drug-likeness (QED) is 0.478. The molecule has 0 aromatic carbocycles. The summed E-state index contributed by atoms with van der Waals surface area (Å²) in [6.07, 6.45) is 6.19. The Hall–Kier alpha value is -1.09. The van der Waals surface area contributed by atoms with Crippen molar-refractivity contribution < 1.29 is 9.90 Å².